The number of hydrogen-bond acceptors (Lipinski definition) is 6. The summed E-state index contributed by atoms with van der Waals surface area (Å²) < 4.78 is 0. The fraction of sp³-hybridized carbons (Fsp3) is 1.00. The molecular weight excluding hydrogens is 282 g/mol. The second-order valence-electron chi connectivity index (χ2n) is 1.73. The maximum atomic E-state index is 4.90. The number of hydrogen-bond donors (Lipinski definition) is 6. The third-order valence-corrected chi connectivity index (χ3v) is 0.500. The SMILES string of the molecule is Cl.NCCN.NCCN.NCCN.O.O.[Co]. The molecule has 0 aromatic rings. The van der Waals surface area contributed by atoms with Crippen LogP contribution in [0.15, 0.2) is 0 Å². The molecule has 0 heterocycles. The van der Waals surface area contributed by atoms with Gasteiger partial charge in [-0.05, 0) is 0 Å². The summed E-state index contributed by atoms with van der Waals surface area (Å²) in [7, 11) is 0. The largest absolute Gasteiger partial charge is 0.412 e. The van der Waals surface area contributed by atoms with Crippen molar-refractivity contribution in [1.29, 1.82) is 0 Å². The summed E-state index contributed by atoms with van der Waals surface area (Å²) in [6, 6.07) is 0. The Kier molecular flexibility index (Phi) is 212. The first kappa shape index (κ1) is 43.9. The predicted molar refractivity (Wildman–Crippen MR) is 68.8 cm³/mol. The molecule has 0 aliphatic rings. The Hall–Kier alpha value is 0.476. The number of nitrogens with two attached hydrogens (primary N) is 6. The summed E-state index contributed by atoms with van der Waals surface area (Å²) in [4.78, 5) is 0. The molecule has 0 aliphatic heterocycles. The van der Waals surface area contributed by atoms with Gasteiger partial charge in [-0.2, -0.15) is 0 Å². The van der Waals surface area contributed by atoms with Crippen LogP contribution in [0.4, 0.5) is 0 Å². The second-order valence-corrected chi connectivity index (χ2v) is 1.73. The molecule has 8 nitrogen and oxygen atoms in total. The van der Waals surface area contributed by atoms with E-state index < -0.39 is 0 Å². The average molecular weight is 312 g/mol. The molecular formula is C6H29ClCoN6O2. The molecule has 16 heavy (non-hydrogen) atoms. The van der Waals surface area contributed by atoms with E-state index >= 15 is 0 Å². The van der Waals surface area contributed by atoms with Gasteiger partial charge in [0.1, 0.15) is 0 Å². The molecule has 10 heteroatoms. The van der Waals surface area contributed by atoms with Crippen LogP contribution in [0.1, 0.15) is 0 Å². The topological polar surface area (TPSA) is 219 Å². The molecule has 0 spiro atoms. The van der Waals surface area contributed by atoms with Crippen molar-refractivity contribution in [3.63, 3.8) is 0 Å². The molecule has 0 aliphatic carbocycles. The van der Waals surface area contributed by atoms with Gasteiger partial charge in [-0.15, -0.1) is 12.4 Å². The Labute approximate surface area is 114 Å². The zero-order valence-corrected chi connectivity index (χ0v) is 11.3. The van der Waals surface area contributed by atoms with Gasteiger partial charge in [0.05, 0.1) is 0 Å². The van der Waals surface area contributed by atoms with Gasteiger partial charge in [0.25, 0.3) is 0 Å². The monoisotopic (exact) mass is 311 g/mol. The van der Waals surface area contributed by atoms with Crippen molar-refractivity contribution in [3.8, 4) is 0 Å². The van der Waals surface area contributed by atoms with Crippen LogP contribution in [-0.2, 0) is 16.8 Å². The molecule has 0 atom stereocenters. The van der Waals surface area contributed by atoms with Gasteiger partial charge in [0, 0.05) is 56.0 Å². The van der Waals surface area contributed by atoms with Gasteiger partial charge in [-0.25, -0.2) is 0 Å². The molecule has 0 saturated heterocycles. The van der Waals surface area contributed by atoms with Crippen LogP contribution in [0.25, 0.3) is 0 Å². The van der Waals surface area contributed by atoms with Crippen LogP contribution in [0, 0.1) is 0 Å². The van der Waals surface area contributed by atoms with Gasteiger partial charge in [0.15, 0.2) is 0 Å². The van der Waals surface area contributed by atoms with Crippen molar-refractivity contribution in [2.75, 3.05) is 39.3 Å². The van der Waals surface area contributed by atoms with Crippen LogP contribution in [0.5, 0.6) is 0 Å². The van der Waals surface area contributed by atoms with E-state index in [0.717, 1.165) is 0 Å². The van der Waals surface area contributed by atoms with Crippen LogP contribution < -0.4 is 34.4 Å². The van der Waals surface area contributed by atoms with E-state index in [9.17, 15) is 0 Å². The summed E-state index contributed by atoms with van der Waals surface area (Å²) in [5, 5.41) is 0. The smallest absolute Gasteiger partial charge is 0.00461 e. The van der Waals surface area contributed by atoms with E-state index in [4.69, 9.17) is 34.4 Å². The maximum Gasteiger partial charge on any atom is 0.00461 e. The average Bonchev–Trinajstić information content (AvgIpc) is 2.18. The molecule has 0 rings (SSSR count). The minimum Gasteiger partial charge on any atom is -0.412 e. The van der Waals surface area contributed by atoms with E-state index in [1.54, 1.807) is 0 Å². The van der Waals surface area contributed by atoms with Crippen LogP contribution in [0.3, 0.4) is 0 Å². The molecule has 0 saturated carbocycles. The summed E-state index contributed by atoms with van der Waals surface area (Å²) in [6.45, 7) is 3.58. The Morgan fingerprint density at radius 1 is 0.438 bits per heavy atom. The molecule has 111 valence electrons. The molecule has 0 bridgehead atoms. The molecule has 16 N–H and O–H groups in total. The summed E-state index contributed by atoms with van der Waals surface area (Å²) in [5.41, 5.74) is 29.4. The third-order valence-electron chi connectivity index (χ3n) is 0.500. The Morgan fingerprint density at radius 2 is 0.500 bits per heavy atom. The fourth-order valence-electron chi connectivity index (χ4n) is 0. The first-order valence-electron chi connectivity index (χ1n) is 3.95. The summed E-state index contributed by atoms with van der Waals surface area (Å²) >= 11 is 0. The van der Waals surface area contributed by atoms with Gasteiger partial charge in [-0.1, -0.05) is 0 Å². The Balaban J connectivity index is -0.0000000135. The fourth-order valence-corrected chi connectivity index (χ4v) is 0. The Bertz CT molecular complexity index is 46.5. The summed E-state index contributed by atoms with van der Waals surface area (Å²) in [6.07, 6.45) is 0. The normalized spacial score (nSPS) is 5.62. The van der Waals surface area contributed by atoms with E-state index in [1.807, 2.05) is 0 Å². The molecule has 0 aromatic heterocycles. The number of halogens is 1. The van der Waals surface area contributed by atoms with Gasteiger partial charge < -0.3 is 45.4 Å². The molecule has 0 aromatic carbocycles. The van der Waals surface area contributed by atoms with Crippen LogP contribution in [0.2, 0.25) is 0 Å². The van der Waals surface area contributed by atoms with Crippen LogP contribution in [-0.4, -0.2) is 50.2 Å². The maximum absolute atomic E-state index is 4.90. The molecule has 1 radical (unpaired) electrons. The van der Waals surface area contributed by atoms with Crippen molar-refractivity contribution in [2.24, 2.45) is 34.4 Å². The van der Waals surface area contributed by atoms with E-state index in [-0.39, 0.29) is 40.1 Å². The quantitative estimate of drug-likeness (QED) is 0.301. The van der Waals surface area contributed by atoms with Crippen LogP contribution >= 0.6 is 12.4 Å². The minimum atomic E-state index is 0. The van der Waals surface area contributed by atoms with E-state index in [0.29, 0.717) is 39.3 Å². The molecule has 0 fully saturated rings. The van der Waals surface area contributed by atoms with E-state index in [2.05, 4.69) is 0 Å². The standard InChI is InChI=1S/3C2H8N2.ClH.Co.2H2O/c3*3-1-2-4;;;;/h3*1-4H2;1H;;2*1H2. The zero-order chi connectivity index (χ0) is 10.2. The first-order valence-corrected chi connectivity index (χ1v) is 3.95. The first-order chi connectivity index (χ1) is 5.74. The van der Waals surface area contributed by atoms with Gasteiger partial charge in [0.2, 0.25) is 0 Å². The summed E-state index contributed by atoms with van der Waals surface area (Å²) in [5.74, 6) is 0. The van der Waals surface area contributed by atoms with Gasteiger partial charge in [-0.3, -0.25) is 0 Å². The second kappa shape index (κ2) is 77.3. The number of rotatable bonds is 3. The third kappa shape index (κ3) is 218. The van der Waals surface area contributed by atoms with Crippen molar-refractivity contribution < 1.29 is 27.7 Å². The van der Waals surface area contributed by atoms with E-state index in [1.165, 1.54) is 0 Å². The minimum absolute atomic E-state index is 0. The zero-order valence-electron chi connectivity index (χ0n) is 9.45. The molecule has 0 unspecified atom stereocenters. The van der Waals surface area contributed by atoms with Crippen molar-refractivity contribution in [1.82, 2.24) is 0 Å². The van der Waals surface area contributed by atoms with Crippen molar-refractivity contribution in [3.05, 3.63) is 0 Å². The van der Waals surface area contributed by atoms with Crippen molar-refractivity contribution >= 4 is 12.4 Å². The predicted octanol–water partition coefficient (Wildman–Crippen LogP) is -4.52. The molecule has 0 amide bonds. The van der Waals surface area contributed by atoms with Gasteiger partial charge >= 0.3 is 0 Å². The van der Waals surface area contributed by atoms with Crippen molar-refractivity contribution in [2.45, 2.75) is 0 Å². The Morgan fingerprint density at radius 3 is 0.500 bits per heavy atom.